The molecule has 0 aliphatic heterocycles. The molecule has 0 bridgehead atoms. The topological polar surface area (TPSA) is 59.1 Å². The number of nitrogens with zero attached hydrogens (tertiary/aromatic N) is 1. The highest BCUT2D eigenvalue weighted by Gasteiger charge is 2.18. The highest BCUT2D eigenvalue weighted by molar-refractivity contribution is 7.93. The Morgan fingerprint density at radius 1 is 1.00 bits per heavy atom. The van der Waals surface area contributed by atoms with Crippen molar-refractivity contribution in [2.45, 2.75) is 4.90 Å². The Morgan fingerprint density at radius 2 is 1.73 bits per heavy atom. The average molecular weight is 308 g/mol. The van der Waals surface area contributed by atoms with Gasteiger partial charge in [-0.05, 0) is 36.4 Å². The van der Waals surface area contributed by atoms with Gasteiger partial charge in [-0.2, -0.15) is 0 Å². The first-order valence-electron chi connectivity index (χ1n) is 6.53. The number of rotatable bonds is 3. The minimum Gasteiger partial charge on any atom is -0.280 e. The lowest BCUT2D eigenvalue weighted by atomic mass is 10.2. The summed E-state index contributed by atoms with van der Waals surface area (Å²) in [6.45, 7) is 0. The summed E-state index contributed by atoms with van der Waals surface area (Å²) in [6, 6.07) is 15.3. The molecule has 3 rings (SSSR count). The van der Waals surface area contributed by atoms with Crippen LogP contribution in [0.4, 0.5) is 5.69 Å². The van der Waals surface area contributed by atoms with Gasteiger partial charge in [0.1, 0.15) is 4.90 Å². The molecule has 1 aromatic heterocycles. The lowest BCUT2D eigenvalue weighted by molar-refractivity contribution is 0.602. The summed E-state index contributed by atoms with van der Waals surface area (Å²) in [5.41, 5.74) is 1.58. The van der Waals surface area contributed by atoms with Crippen molar-refractivity contribution < 1.29 is 8.42 Å². The first kappa shape index (κ1) is 14.1. The van der Waals surface area contributed by atoms with Gasteiger partial charge >= 0.3 is 0 Å². The van der Waals surface area contributed by atoms with Crippen LogP contribution in [0.1, 0.15) is 5.56 Å². The maximum atomic E-state index is 12.6. The number of benzene rings is 2. The van der Waals surface area contributed by atoms with Crippen LogP contribution >= 0.6 is 0 Å². The fourth-order valence-corrected chi connectivity index (χ4v) is 3.38. The molecule has 1 heterocycles. The van der Waals surface area contributed by atoms with Crippen LogP contribution in [0.15, 0.2) is 65.7 Å². The zero-order valence-electron chi connectivity index (χ0n) is 11.5. The third-order valence-corrected chi connectivity index (χ3v) is 4.60. The molecule has 0 aliphatic rings. The van der Waals surface area contributed by atoms with E-state index in [0.717, 1.165) is 5.39 Å². The maximum Gasteiger partial charge on any atom is 0.264 e. The Hall–Kier alpha value is -2.84. The molecule has 0 amide bonds. The number of sulfonamides is 1. The molecule has 0 fully saturated rings. The zero-order chi connectivity index (χ0) is 15.6. The molecule has 0 aliphatic carbocycles. The first-order valence-corrected chi connectivity index (χ1v) is 8.02. The predicted octanol–water partition coefficient (Wildman–Crippen LogP) is 3.02. The van der Waals surface area contributed by atoms with E-state index in [1.165, 1.54) is 6.07 Å². The Kier molecular flexibility index (Phi) is 3.53. The normalized spacial score (nSPS) is 11.0. The Balaban J connectivity index is 2.03. The number of terminal acetylenes is 1. The standard InChI is InChI=1S/C17H12N2O2S/c1-2-13-8-10-15(11-9-13)19-22(20,21)16-7-3-5-14-6-4-12-18-17(14)16/h1,3-12,19H. The van der Waals surface area contributed by atoms with E-state index >= 15 is 0 Å². The van der Waals surface area contributed by atoms with Crippen LogP contribution in [0.2, 0.25) is 0 Å². The van der Waals surface area contributed by atoms with E-state index in [1.807, 2.05) is 12.1 Å². The Bertz CT molecular complexity index is 966. The highest BCUT2D eigenvalue weighted by Crippen LogP contribution is 2.23. The number of hydrogen-bond acceptors (Lipinski definition) is 3. The lowest BCUT2D eigenvalue weighted by Gasteiger charge is -2.10. The summed E-state index contributed by atoms with van der Waals surface area (Å²) in [5.74, 6) is 2.49. The zero-order valence-corrected chi connectivity index (χ0v) is 12.3. The molecule has 22 heavy (non-hydrogen) atoms. The smallest absolute Gasteiger partial charge is 0.264 e. The molecule has 0 unspecified atom stereocenters. The number of nitrogens with one attached hydrogen (secondary N) is 1. The van der Waals surface area contributed by atoms with Crippen molar-refractivity contribution >= 4 is 26.6 Å². The molecule has 0 atom stereocenters. The monoisotopic (exact) mass is 308 g/mol. The molecule has 0 radical (unpaired) electrons. The van der Waals surface area contributed by atoms with E-state index < -0.39 is 10.0 Å². The third-order valence-electron chi connectivity index (χ3n) is 3.19. The van der Waals surface area contributed by atoms with Gasteiger partial charge in [-0.15, -0.1) is 6.42 Å². The molecular formula is C17H12N2O2S. The summed E-state index contributed by atoms with van der Waals surface area (Å²) in [4.78, 5) is 4.32. The number of hydrogen-bond donors (Lipinski definition) is 1. The van der Waals surface area contributed by atoms with Crippen LogP contribution in [0.3, 0.4) is 0 Å². The number of aromatic nitrogens is 1. The van der Waals surface area contributed by atoms with Crippen molar-refractivity contribution in [3.8, 4) is 12.3 Å². The summed E-state index contributed by atoms with van der Waals surface area (Å²) in [5, 5.41) is 0.771. The second-order valence-electron chi connectivity index (χ2n) is 4.66. The van der Waals surface area contributed by atoms with Crippen LogP contribution in [0.5, 0.6) is 0 Å². The number of pyridine rings is 1. The third kappa shape index (κ3) is 2.65. The molecule has 3 aromatic rings. The van der Waals surface area contributed by atoms with Crippen molar-refractivity contribution in [3.05, 3.63) is 66.4 Å². The molecule has 0 saturated carbocycles. The van der Waals surface area contributed by atoms with Gasteiger partial charge in [-0.3, -0.25) is 9.71 Å². The minimum absolute atomic E-state index is 0.145. The average Bonchev–Trinajstić information content (AvgIpc) is 2.54. The second kappa shape index (κ2) is 5.51. The first-order chi connectivity index (χ1) is 10.6. The minimum atomic E-state index is -3.72. The second-order valence-corrected chi connectivity index (χ2v) is 6.31. The molecule has 1 N–H and O–H groups in total. The Labute approximate surface area is 128 Å². The summed E-state index contributed by atoms with van der Waals surface area (Å²) in [6.07, 6.45) is 6.86. The van der Waals surface area contributed by atoms with Gasteiger partial charge < -0.3 is 0 Å². The maximum absolute atomic E-state index is 12.6. The van der Waals surface area contributed by atoms with Crippen molar-refractivity contribution in [1.29, 1.82) is 0 Å². The van der Waals surface area contributed by atoms with Crippen molar-refractivity contribution in [3.63, 3.8) is 0 Å². The van der Waals surface area contributed by atoms with E-state index in [2.05, 4.69) is 15.6 Å². The molecule has 0 spiro atoms. The van der Waals surface area contributed by atoms with Gasteiger partial charge in [0.15, 0.2) is 0 Å². The van der Waals surface area contributed by atoms with Crippen molar-refractivity contribution in [2.24, 2.45) is 0 Å². The van der Waals surface area contributed by atoms with Crippen LogP contribution < -0.4 is 4.72 Å². The van der Waals surface area contributed by atoms with E-state index in [9.17, 15) is 8.42 Å². The van der Waals surface area contributed by atoms with Gasteiger partial charge in [0.25, 0.3) is 10.0 Å². The van der Waals surface area contributed by atoms with Gasteiger partial charge in [0.05, 0.1) is 5.52 Å². The van der Waals surface area contributed by atoms with Gasteiger partial charge in [0, 0.05) is 22.8 Å². The molecule has 0 saturated heterocycles. The van der Waals surface area contributed by atoms with Crippen LogP contribution in [0.25, 0.3) is 10.9 Å². The van der Waals surface area contributed by atoms with Gasteiger partial charge in [-0.1, -0.05) is 24.1 Å². The fourth-order valence-electron chi connectivity index (χ4n) is 2.14. The van der Waals surface area contributed by atoms with E-state index in [0.29, 0.717) is 16.8 Å². The number of para-hydroxylation sites is 1. The van der Waals surface area contributed by atoms with Gasteiger partial charge in [-0.25, -0.2) is 8.42 Å². The SMILES string of the molecule is C#Cc1ccc(NS(=O)(=O)c2cccc3cccnc23)cc1. The quantitative estimate of drug-likeness (QED) is 0.757. The lowest BCUT2D eigenvalue weighted by Crippen LogP contribution is -2.13. The summed E-state index contributed by atoms with van der Waals surface area (Å²) >= 11 is 0. The molecule has 2 aromatic carbocycles. The number of anilines is 1. The predicted molar refractivity (Wildman–Crippen MR) is 86.9 cm³/mol. The molecule has 4 nitrogen and oxygen atoms in total. The van der Waals surface area contributed by atoms with Crippen LogP contribution in [-0.2, 0) is 10.0 Å². The fraction of sp³-hybridized carbons (Fsp3) is 0. The summed E-state index contributed by atoms with van der Waals surface area (Å²) in [7, 11) is -3.72. The van der Waals surface area contributed by atoms with E-state index in [4.69, 9.17) is 6.42 Å². The molecular weight excluding hydrogens is 296 g/mol. The molecule has 5 heteroatoms. The van der Waals surface area contributed by atoms with E-state index in [1.54, 1.807) is 42.6 Å². The van der Waals surface area contributed by atoms with Crippen molar-refractivity contribution in [2.75, 3.05) is 4.72 Å². The van der Waals surface area contributed by atoms with Crippen LogP contribution in [0, 0.1) is 12.3 Å². The van der Waals surface area contributed by atoms with E-state index in [-0.39, 0.29) is 4.90 Å². The highest BCUT2D eigenvalue weighted by atomic mass is 32.2. The summed E-state index contributed by atoms with van der Waals surface area (Å²) < 4.78 is 27.7. The largest absolute Gasteiger partial charge is 0.280 e. The van der Waals surface area contributed by atoms with Crippen LogP contribution in [-0.4, -0.2) is 13.4 Å². The van der Waals surface area contributed by atoms with Gasteiger partial charge in [0.2, 0.25) is 0 Å². The van der Waals surface area contributed by atoms with Crippen molar-refractivity contribution in [1.82, 2.24) is 4.98 Å². The number of fused-ring (bicyclic) bond motifs is 1. The Morgan fingerprint density at radius 3 is 2.45 bits per heavy atom. The molecule has 108 valence electrons.